The van der Waals surface area contributed by atoms with Crippen LogP contribution in [0.25, 0.3) is 16.1 Å². The summed E-state index contributed by atoms with van der Waals surface area (Å²) in [5, 5.41) is 27.1. The molecule has 0 spiro atoms. The lowest BCUT2D eigenvalue weighted by atomic mass is 9.75. The molecule has 2 fully saturated rings. The van der Waals surface area contributed by atoms with Gasteiger partial charge < -0.3 is 41.7 Å². The maximum atomic E-state index is 14.1. The number of aryl methyl sites for hydroxylation is 1. The topological polar surface area (TPSA) is 240 Å². The van der Waals surface area contributed by atoms with Crippen LogP contribution in [0.15, 0.2) is 48.0 Å². The number of nitrogens with one attached hydrogen (secondary N) is 4. The number of likely N-dealkylation sites (tertiary alicyclic amines) is 1. The number of aliphatic hydroxyl groups excluding tert-OH is 1. The zero-order valence-electron chi connectivity index (χ0n) is 46.5. The summed E-state index contributed by atoms with van der Waals surface area (Å²) in [5.41, 5.74) is 8.63. The van der Waals surface area contributed by atoms with Gasteiger partial charge in [0.25, 0.3) is 5.91 Å². The number of nitrogens with zero attached hydrogens (tertiary/aromatic N) is 4. The number of anilines is 1. The van der Waals surface area contributed by atoms with E-state index in [0.29, 0.717) is 44.3 Å². The molecular formula is C58H78F3N9O8S. The Morgan fingerprint density at radius 1 is 0.937 bits per heavy atom. The highest BCUT2D eigenvalue weighted by molar-refractivity contribution is 7.13. The van der Waals surface area contributed by atoms with Crippen molar-refractivity contribution in [2.45, 2.75) is 187 Å². The second-order valence-corrected chi connectivity index (χ2v) is 24.3. The number of hydrogen-bond donors (Lipinski definition) is 6. The van der Waals surface area contributed by atoms with Crippen LogP contribution in [-0.2, 0) is 36.5 Å². The molecule has 79 heavy (non-hydrogen) atoms. The van der Waals surface area contributed by atoms with Gasteiger partial charge in [0.05, 0.1) is 56.8 Å². The monoisotopic (exact) mass is 1120 g/mol. The Hall–Kier alpha value is -6.19. The van der Waals surface area contributed by atoms with Gasteiger partial charge in [-0.15, -0.1) is 11.3 Å². The number of hydrogen-bond acceptors (Lipinski definition) is 13. The van der Waals surface area contributed by atoms with E-state index in [-0.39, 0.29) is 91.6 Å². The number of primary amides is 1. The van der Waals surface area contributed by atoms with Gasteiger partial charge in [-0.2, -0.15) is 18.3 Å². The number of ketones is 1. The van der Waals surface area contributed by atoms with Crippen LogP contribution in [0, 0.1) is 17.8 Å². The number of aliphatic hydroxyl groups is 1. The van der Waals surface area contributed by atoms with Gasteiger partial charge in [-0.3, -0.25) is 28.8 Å². The van der Waals surface area contributed by atoms with Crippen molar-refractivity contribution in [2.75, 3.05) is 25.0 Å². The van der Waals surface area contributed by atoms with Crippen molar-refractivity contribution in [3.05, 3.63) is 81.7 Å². The fourth-order valence-corrected chi connectivity index (χ4v) is 11.9. The van der Waals surface area contributed by atoms with Gasteiger partial charge in [0.15, 0.2) is 11.5 Å². The van der Waals surface area contributed by atoms with Gasteiger partial charge in [0, 0.05) is 37.5 Å². The number of carbonyl (C=O) groups is 6. The molecule has 17 nitrogen and oxygen atoms in total. The van der Waals surface area contributed by atoms with E-state index in [1.165, 1.54) is 23.1 Å². The third kappa shape index (κ3) is 15.8. The Morgan fingerprint density at radius 3 is 2.24 bits per heavy atom. The summed E-state index contributed by atoms with van der Waals surface area (Å²) in [6, 6.07) is 10.6. The number of unbranched alkanes of at least 4 members (excludes halogenated alkanes) is 6. The predicted octanol–water partition coefficient (Wildman–Crippen LogP) is 8.92. The average Bonchev–Trinajstić information content (AvgIpc) is 4.28. The SMILES string of the molecule is Cc1ncsc1-c1ccc([C@H](C)NC(=O)[C@@H]2C[C@@H](O)CN2C(=O)[C@@H](NCCCCCCCCCC(=O)NCC(=O)OC2CCC(Nc3cc(-n4nc(C(F)(F)F)c5c4CC(C)(C)CC5=O)ccc3C(N)=O)CC2)C(C)(C)C)cc1. The van der Waals surface area contributed by atoms with Crippen LogP contribution in [0.4, 0.5) is 18.9 Å². The summed E-state index contributed by atoms with van der Waals surface area (Å²) in [6.45, 7) is 13.9. The van der Waals surface area contributed by atoms with E-state index in [9.17, 15) is 47.0 Å². The maximum absolute atomic E-state index is 14.1. The summed E-state index contributed by atoms with van der Waals surface area (Å²) in [4.78, 5) is 85.5. The molecule has 0 radical (unpaired) electrons. The number of ether oxygens (including phenoxy) is 1. The van der Waals surface area contributed by atoms with Gasteiger partial charge in [-0.25, -0.2) is 9.67 Å². The molecule has 21 heteroatoms. The molecule has 0 bridgehead atoms. The molecule has 4 aromatic rings. The van der Waals surface area contributed by atoms with Gasteiger partial charge in [0.2, 0.25) is 17.7 Å². The third-order valence-electron chi connectivity index (χ3n) is 15.3. The largest absolute Gasteiger partial charge is 0.461 e. The first-order valence-corrected chi connectivity index (χ1v) is 28.6. The van der Waals surface area contributed by atoms with Crippen LogP contribution < -0.4 is 27.0 Å². The molecule has 3 aliphatic rings. The number of esters is 1. The van der Waals surface area contributed by atoms with Gasteiger partial charge in [-0.05, 0) is 105 Å². The van der Waals surface area contributed by atoms with E-state index in [1.54, 1.807) is 11.3 Å². The van der Waals surface area contributed by atoms with Crippen LogP contribution in [0.2, 0.25) is 0 Å². The molecule has 3 heterocycles. The Balaban J connectivity index is 0.761. The molecule has 1 aliphatic heterocycles. The lowest BCUT2D eigenvalue weighted by molar-refractivity contribution is -0.150. The summed E-state index contributed by atoms with van der Waals surface area (Å²) in [5.74, 6) is -2.63. The van der Waals surface area contributed by atoms with Gasteiger partial charge >= 0.3 is 12.1 Å². The first-order chi connectivity index (χ1) is 37.3. The van der Waals surface area contributed by atoms with E-state index in [4.69, 9.17) is 10.5 Å². The van der Waals surface area contributed by atoms with E-state index < -0.39 is 64.1 Å². The standard InChI is InChI=1S/C58H78F3N9O8S/c1-34(36-16-18-37(19-17-36)50-35(2)65-33-79-50)66-54(76)44-28-40(71)32-69(44)55(77)52(56(3,4)5)63-26-14-12-10-8-9-11-13-15-47(73)64-31-48(74)78-41-23-20-38(21-24-41)67-43-27-39(22-25-42(43)53(62)75)70-45-29-57(6,7)30-46(72)49(45)51(68-70)58(59,60)61/h16-19,22,25,27,33-34,38,40-41,44,52,63,67,71H,8-15,20-21,23-24,26,28-32H2,1-7H3,(H2,62,75)(H,64,73)(H,66,76)/t34-,38?,40+,41?,44-,52+/m0/s1. The Kier molecular flexibility index (Phi) is 19.9. The lowest BCUT2D eigenvalue weighted by Gasteiger charge is -2.35. The Morgan fingerprint density at radius 2 is 1.61 bits per heavy atom. The van der Waals surface area contributed by atoms with Gasteiger partial charge in [-0.1, -0.05) is 91.0 Å². The molecule has 2 aromatic carbocycles. The zero-order chi connectivity index (χ0) is 57.4. The Labute approximate surface area is 464 Å². The highest BCUT2D eigenvalue weighted by atomic mass is 32.1. The van der Waals surface area contributed by atoms with E-state index in [2.05, 4.69) is 31.3 Å². The van der Waals surface area contributed by atoms with Crippen molar-refractivity contribution in [3.8, 4) is 16.1 Å². The Bertz CT molecular complexity index is 2820. The second kappa shape index (κ2) is 25.9. The van der Waals surface area contributed by atoms with Gasteiger partial charge in [0.1, 0.15) is 18.7 Å². The minimum atomic E-state index is -4.85. The molecule has 430 valence electrons. The quantitative estimate of drug-likeness (QED) is 0.0302. The molecule has 4 amide bonds. The molecule has 7 rings (SSSR count). The molecule has 1 saturated heterocycles. The first kappa shape index (κ1) is 60.5. The van der Waals surface area contributed by atoms with Crippen LogP contribution in [0.5, 0.6) is 0 Å². The zero-order valence-corrected chi connectivity index (χ0v) is 47.3. The highest BCUT2D eigenvalue weighted by Crippen LogP contribution is 2.42. The summed E-state index contributed by atoms with van der Waals surface area (Å²) < 4.78 is 49.2. The molecule has 2 aromatic heterocycles. The number of nitrogens with two attached hydrogens (primary N) is 1. The average molecular weight is 1120 g/mol. The molecular weight excluding hydrogens is 1040 g/mol. The number of Topliss-reactive ketones (excluding diaryl/α,β-unsaturated/α-hetero) is 1. The fourth-order valence-electron chi connectivity index (χ4n) is 11.1. The van der Waals surface area contributed by atoms with Crippen molar-refractivity contribution < 1.29 is 51.8 Å². The van der Waals surface area contributed by atoms with Crippen molar-refractivity contribution in [1.82, 2.24) is 35.6 Å². The lowest BCUT2D eigenvalue weighted by Crippen LogP contribution is -2.56. The molecule has 2 aliphatic carbocycles. The number of aromatic nitrogens is 3. The number of rotatable bonds is 23. The normalized spacial score (nSPS) is 20.0. The maximum Gasteiger partial charge on any atom is 0.435 e. The minimum absolute atomic E-state index is 0.0409. The van der Waals surface area contributed by atoms with E-state index in [0.717, 1.165) is 64.9 Å². The van der Waals surface area contributed by atoms with Crippen LogP contribution in [0.1, 0.15) is 181 Å². The molecule has 7 N–H and O–H groups in total. The van der Waals surface area contributed by atoms with Crippen LogP contribution in [-0.4, -0.2) is 110 Å². The first-order valence-electron chi connectivity index (χ1n) is 27.7. The van der Waals surface area contributed by atoms with Crippen molar-refractivity contribution in [2.24, 2.45) is 16.6 Å². The number of β-amino-alcohol motifs (C(OH)–C–C–N with tert-alkyl or cyclic N) is 1. The number of halogens is 3. The summed E-state index contributed by atoms with van der Waals surface area (Å²) in [7, 11) is 0. The van der Waals surface area contributed by atoms with E-state index >= 15 is 0 Å². The smallest absolute Gasteiger partial charge is 0.435 e. The summed E-state index contributed by atoms with van der Waals surface area (Å²) in [6.07, 6.45) is 2.92. The highest BCUT2D eigenvalue weighted by Gasteiger charge is 2.46. The van der Waals surface area contributed by atoms with Crippen molar-refractivity contribution in [1.29, 1.82) is 0 Å². The fraction of sp³-hybridized carbons (Fsp3) is 0.586. The number of fused-ring (bicyclic) bond motifs is 1. The number of amides is 4. The van der Waals surface area contributed by atoms with Crippen molar-refractivity contribution in [3.63, 3.8) is 0 Å². The minimum Gasteiger partial charge on any atom is -0.461 e. The summed E-state index contributed by atoms with van der Waals surface area (Å²) >= 11 is 1.58. The second-order valence-electron chi connectivity index (χ2n) is 23.5. The molecule has 1 saturated carbocycles. The third-order valence-corrected chi connectivity index (χ3v) is 16.3. The molecule has 0 unspecified atom stereocenters. The number of carbonyl (C=O) groups excluding carboxylic acids is 6. The number of alkyl halides is 3. The van der Waals surface area contributed by atoms with E-state index in [1.807, 2.05) is 78.2 Å². The number of benzene rings is 2. The predicted molar refractivity (Wildman–Crippen MR) is 295 cm³/mol. The van der Waals surface area contributed by atoms with Crippen LogP contribution in [0.3, 0.4) is 0 Å². The van der Waals surface area contributed by atoms with Crippen LogP contribution >= 0.6 is 11.3 Å². The van der Waals surface area contributed by atoms with Crippen molar-refractivity contribution >= 4 is 52.4 Å². The number of thiazole rings is 1. The molecule has 4 atom stereocenters.